The molecule has 0 radical (unpaired) electrons. The highest BCUT2D eigenvalue weighted by Gasteiger charge is 2.21. The van der Waals surface area contributed by atoms with Crippen LogP contribution in [0.1, 0.15) is 11.6 Å². The number of hydrogen-bond donors (Lipinski definition) is 3. The van der Waals surface area contributed by atoms with Gasteiger partial charge in [-0.25, -0.2) is 8.78 Å². The third kappa shape index (κ3) is 5.11. The molecule has 25 heavy (non-hydrogen) atoms. The minimum atomic E-state index is -0.691. The van der Waals surface area contributed by atoms with E-state index in [2.05, 4.69) is 10.6 Å². The summed E-state index contributed by atoms with van der Waals surface area (Å²) < 4.78 is 32.1. The topological polar surface area (TPSA) is 37.7 Å². The van der Waals surface area contributed by atoms with Gasteiger partial charge in [0.1, 0.15) is 23.4 Å². The molecule has 4 nitrogen and oxygen atoms in total. The number of nitrogens with one attached hydrogen (secondary N) is 3. The summed E-state index contributed by atoms with van der Waals surface area (Å²) in [6, 6.07) is 11.2. The minimum Gasteiger partial charge on any atom is -0.496 e. The van der Waals surface area contributed by atoms with Gasteiger partial charge in [0.2, 0.25) is 0 Å². The summed E-state index contributed by atoms with van der Waals surface area (Å²) >= 11 is 5.22. The molecule has 0 heterocycles. The van der Waals surface area contributed by atoms with Crippen LogP contribution >= 0.6 is 12.2 Å². The number of hydrogen-bond acceptors (Lipinski definition) is 2. The maximum Gasteiger partial charge on any atom is 0.171 e. The van der Waals surface area contributed by atoms with Crippen LogP contribution in [0.25, 0.3) is 0 Å². The summed E-state index contributed by atoms with van der Waals surface area (Å²) in [6.07, 6.45) is 0. The normalized spacial score (nSPS) is 11.9. The van der Waals surface area contributed by atoms with Crippen LogP contribution in [0.5, 0.6) is 5.75 Å². The third-order valence-electron chi connectivity index (χ3n) is 3.86. The summed E-state index contributed by atoms with van der Waals surface area (Å²) in [5, 5.41) is 6.11. The summed E-state index contributed by atoms with van der Waals surface area (Å²) in [7, 11) is 5.71. The second kappa shape index (κ2) is 8.73. The average Bonchev–Trinajstić information content (AvgIpc) is 2.57. The van der Waals surface area contributed by atoms with E-state index in [0.717, 1.165) is 17.4 Å². The molecule has 0 unspecified atom stereocenters. The van der Waals surface area contributed by atoms with Crippen LogP contribution < -0.4 is 20.3 Å². The van der Waals surface area contributed by atoms with E-state index in [1.807, 2.05) is 38.4 Å². The molecular formula is C18H22F2N3OS+. The van der Waals surface area contributed by atoms with Crippen LogP contribution in [0, 0.1) is 11.6 Å². The highest BCUT2D eigenvalue weighted by molar-refractivity contribution is 7.80. The molecule has 0 aliphatic carbocycles. The number of methoxy groups -OCH3 is 1. The maximum atomic E-state index is 13.7. The summed E-state index contributed by atoms with van der Waals surface area (Å²) in [6.45, 7) is 0.525. The molecule has 0 fully saturated rings. The molecule has 0 saturated heterocycles. The Labute approximate surface area is 151 Å². The molecule has 2 aromatic rings. The van der Waals surface area contributed by atoms with Crippen molar-refractivity contribution in [3.8, 4) is 5.75 Å². The van der Waals surface area contributed by atoms with Crippen molar-refractivity contribution in [2.24, 2.45) is 0 Å². The standard InChI is InChI=1S/C18H21F2N3OS/c1-23(2)16(13-6-4-5-7-17(13)24-3)11-21-18(25)22-15-9-8-12(19)10-14(15)20/h4-10,16H,11H2,1-3H3,(H2,21,22,25)/p+1/t16-/m0/s1. The molecule has 7 heteroatoms. The number of quaternary nitrogens is 1. The van der Waals surface area contributed by atoms with Gasteiger partial charge in [0.25, 0.3) is 0 Å². The molecule has 0 saturated carbocycles. The Hall–Kier alpha value is -2.25. The first-order chi connectivity index (χ1) is 11.9. The molecule has 134 valence electrons. The smallest absolute Gasteiger partial charge is 0.171 e. The number of benzene rings is 2. The average molecular weight is 366 g/mol. The van der Waals surface area contributed by atoms with Crippen LogP contribution in [-0.4, -0.2) is 32.9 Å². The van der Waals surface area contributed by atoms with Gasteiger partial charge in [-0.3, -0.25) is 0 Å². The van der Waals surface area contributed by atoms with Gasteiger partial charge in [-0.05, 0) is 36.5 Å². The van der Waals surface area contributed by atoms with Gasteiger partial charge in [-0.15, -0.1) is 0 Å². The van der Waals surface area contributed by atoms with Crippen molar-refractivity contribution in [3.05, 3.63) is 59.7 Å². The van der Waals surface area contributed by atoms with Gasteiger partial charge in [0.15, 0.2) is 5.11 Å². The zero-order valence-corrected chi connectivity index (χ0v) is 15.2. The highest BCUT2D eigenvalue weighted by Crippen LogP contribution is 2.22. The monoisotopic (exact) mass is 366 g/mol. The Morgan fingerprint density at radius 3 is 2.56 bits per heavy atom. The lowest BCUT2D eigenvalue weighted by Crippen LogP contribution is -3.07. The van der Waals surface area contributed by atoms with Crippen molar-refractivity contribution in [1.29, 1.82) is 0 Å². The fourth-order valence-corrected chi connectivity index (χ4v) is 2.72. The lowest BCUT2D eigenvalue weighted by Gasteiger charge is -2.24. The number of likely N-dealkylation sites (N-methyl/N-ethyl adjacent to an activating group) is 1. The van der Waals surface area contributed by atoms with E-state index in [4.69, 9.17) is 17.0 Å². The third-order valence-corrected chi connectivity index (χ3v) is 4.10. The molecule has 2 aromatic carbocycles. The molecule has 0 bridgehead atoms. The van der Waals surface area contributed by atoms with Crippen molar-refractivity contribution in [2.45, 2.75) is 6.04 Å². The molecule has 0 aliphatic rings. The molecule has 3 N–H and O–H groups in total. The maximum absolute atomic E-state index is 13.7. The highest BCUT2D eigenvalue weighted by atomic mass is 32.1. The van der Waals surface area contributed by atoms with Crippen LogP contribution in [0.4, 0.5) is 14.5 Å². The Morgan fingerprint density at radius 2 is 1.92 bits per heavy atom. The SMILES string of the molecule is COc1ccccc1[C@H](CNC(=S)Nc1ccc(F)cc1F)[NH+](C)C. The summed E-state index contributed by atoms with van der Waals surface area (Å²) in [4.78, 5) is 1.19. The number of para-hydroxylation sites is 1. The number of thiocarbonyl (C=S) groups is 1. The van der Waals surface area contributed by atoms with Crippen molar-refractivity contribution in [2.75, 3.05) is 33.1 Å². The number of ether oxygens (including phenoxy) is 1. The van der Waals surface area contributed by atoms with E-state index in [0.29, 0.717) is 6.54 Å². The molecular weight excluding hydrogens is 344 g/mol. The van der Waals surface area contributed by atoms with E-state index >= 15 is 0 Å². The first-order valence-corrected chi connectivity index (χ1v) is 8.26. The van der Waals surface area contributed by atoms with Crippen molar-refractivity contribution in [3.63, 3.8) is 0 Å². The van der Waals surface area contributed by atoms with Crippen LogP contribution in [-0.2, 0) is 0 Å². The Bertz CT molecular complexity index is 740. The molecule has 1 atom stereocenters. The lowest BCUT2D eigenvalue weighted by molar-refractivity contribution is -0.890. The zero-order chi connectivity index (χ0) is 18.4. The first-order valence-electron chi connectivity index (χ1n) is 7.85. The zero-order valence-electron chi connectivity index (χ0n) is 14.4. The van der Waals surface area contributed by atoms with Crippen molar-refractivity contribution < 1.29 is 18.4 Å². The van der Waals surface area contributed by atoms with Crippen LogP contribution in [0.2, 0.25) is 0 Å². The van der Waals surface area contributed by atoms with E-state index < -0.39 is 11.6 Å². The predicted molar refractivity (Wildman–Crippen MR) is 99.1 cm³/mol. The van der Waals surface area contributed by atoms with E-state index in [9.17, 15) is 8.78 Å². The Morgan fingerprint density at radius 1 is 1.20 bits per heavy atom. The van der Waals surface area contributed by atoms with E-state index in [1.165, 1.54) is 17.0 Å². The first kappa shape index (κ1) is 19.1. The second-order valence-electron chi connectivity index (χ2n) is 5.83. The largest absolute Gasteiger partial charge is 0.496 e. The van der Waals surface area contributed by atoms with Gasteiger partial charge in [-0.1, -0.05) is 12.1 Å². The van der Waals surface area contributed by atoms with E-state index in [-0.39, 0.29) is 16.8 Å². The Kier molecular flexibility index (Phi) is 6.66. The summed E-state index contributed by atoms with van der Waals surface area (Å²) in [5.41, 5.74) is 1.18. The predicted octanol–water partition coefficient (Wildman–Crippen LogP) is 2.15. The van der Waals surface area contributed by atoms with Crippen molar-refractivity contribution in [1.82, 2.24) is 5.32 Å². The molecule has 0 aliphatic heterocycles. The van der Waals surface area contributed by atoms with Crippen LogP contribution in [0.15, 0.2) is 42.5 Å². The molecule has 0 spiro atoms. The molecule has 0 amide bonds. The fourth-order valence-electron chi connectivity index (χ4n) is 2.53. The number of halogens is 2. The lowest BCUT2D eigenvalue weighted by atomic mass is 10.0. The van der Waals surface area contributed by atoms with Crippen LogP contribution in [0.3, 0.4) is 0 Å². The van der Waals surface area contributed by atoms with Gasteiger partial charge < -0.3 is 20.3 Å². The minimum absolute atomic E-state index is 0.0777. The number of anilines is 1. The van der Waals surface area contributed by atoms with Gasteiger partial charge in [-0.2, -0.15) is 0 Å². The molecule has 0 aromatic heterocycles. The number of rotatable bonds is 6. The van der Waals surface area contributed by atoms with Crippen molar-refractivity contribution >= 4 is 23.0 Å². The van der Waals surface area contributed by atoms with Gasteiger partial charge >= 0.3 is 0 Å². The summed E-state index contributed by atoms with van der Waals surface area (Å²) in [5.74, 6) is -0.517. The quantitative estimate of drug-likeness (QED) is 0.685. The van der Waals surface area contributed by atoms with Gasteiger partial charge in [0.05, 0.1) is 39.0 Å². The van der Waals surface area contributed by atoms with E-state index in [1.54, 1.807) is 7.11 Å². The van der Waals surface area contributed by atoms with Gasteiger partial charge in [0, 0.05) is 6.07 Å². The Balaban J connectivity index is 2.04. The second-order valence-corrected chi connectivity index (χ2v) is 6.24. The fraction of sp³-hybridized carbons (Fsp3) is 0.278. The molecule has 2 rings (SSSR count).